The van der Waals surface area contributed by atoms with Gasteiger partial charge in [0.2, 0.25) is 0 Å². The number of rotatable bonds is 5. The third-order valence-corrected chi connectivity index (χ3v) is 3.65. The Kier molecular flexibility index (Phi) is 5.16. The molecule has 0 aliphatic carbocycles. The lowest BCUT2D eigenvalue weighted by Crippen LogP contribution is -2.38. The van der Waals surface area contributed by atoms with Crippen LogP contribution in [0.3, 0.4) is 0 Å². The number of benzene rings is 1. The lowest BCUT2D eigenvalue weighted by molar-refractivity contribution is -0.141. The highest BCUT2D eigenvalue weighted by atomic mass is 16.5. The molecule has 0 atom stereocenters. The van der Waals surface area contributed by atoms with Gasteiger partial charge >= 0.3 is 11.7 Å². The minimum absolute atomic E-state index is 0.0815. The number of H-pyrrole nitrogens is 1. The molecule has 122 valence electrons. The molecule has 0 aliphatic heterocycles. The fourth-order valence-electron chi connectivity index (χ4n) is 2.57. The van der Waals surface area contributed by atoms with Crippen molar-refractivity contribution in [3.63, 3.8) is 0 Å². The maximum Gasteiger partial charge on any atom is 0.329 e. The zero-order chi connectivity index (χ0) is 17.0. The van der Waals surface area contributed by atoms with E-state index >= 15 is 0 Å². The second-order valence-electron chi connectivity index (χ2n) is 5.60. The quantitative estimate of drug-likeness (QED) is 0.846. The summed E-state index contributed by atoms with van der Waals surface area (Å²) >= 11 is 0. The summed E-state index contributed by atoms with van der Waals surface area (Å²) in [6.45, 7) is 3.53. The molecule has 0 saturated carbocycles. The summed E-state index contributed by atoms with van der Waals surface area (Å²) < 4.78 is 5.94. The maximum atomic E-state index is 12.2. The summed E-state index contributed by atoms with van der Waals surface area (Å²) in [4.78, 5) is 38.3. The molecule has 0 aliphatic rings. The Morgan fingerprint density at radius 1 is 1.22 bits per heavy atom. The lowest BCUT2D eigenvalue weighted by atomic mass is 9.98. The van der Waals surface area contributed by atoms with E-state index in [0.29, 0.717) is 17.7 Å². The van der Waals surface area contributed by atoms with Crippen molar-refractivity contribution in [3.8, 4) is 0 Å². The van der Waals surface area contributed by atoms with E-state index in [9.17, 15) is 14.4 Å². The van der Waals surface area contributed by atoms with Gasteiger partial charge < -0.3 is 4.74 Å². The van der Waals surface area contributed by atoms with Crippen LogP contribution in [0, 0.1) is 0 Å². The highest BCUT2D eigenvalue weighted by Crippen LogP contribution is 2.17. The Labute approximate surface area is 133 Å². The maximum absolute atomic E-state index is 12.2. The predicted octanol–water partition coefficient (Wildman–Crippen LogP) is 1.42. The van der Waals surface area contributed by atoms with Crippen molar-refractivity contribution in [1.82, 2.24) is 9.55 Å². The molecule has 2 rings (SSSR count). The Bertz CT molecular complexity index is 804. The zero-order valence-electron chi connectivity index (χ0n) is 13.5. The number of esters is 1. The average Bonchev–Trinajstić information content (AvgIpc) is 2.51. The zero-order valence-corrected chi connectivity index (χ0v) is 13.5. The van der Waals surface area contributed by atoms with Crippen molar-refractivity contribution >= 4 is 5.97 Å². The van der Waals surface area contributed by atoms with Crippen LogP contribution < -0.4 is 11.2 Å². The molecule has 0 amide bonds. The summed E-state index contributed by atoms with van der Waals surface area (Å²) in [5, 5.41) is 0. The van der Waals surface area contributed by atoms with Gasteiger partial charge in [-0.3, -0.25) is 19.1 Å². The van der Waals surface area contributed by atoms with Gasteiger partial charge in [-0.25, -0.2) is 4.79 Å². The molecule has 1 aromatic carbocycles. The average molecular weight is 316 g/mol. The van der Waals surface area contributed by atoms with Crippen molar-refractivity contribution < 1.29 is 9.53 Å². The van der Waals surface area contributed by atoms with Gasteiger partial charge in [0.05, 0.1) is 7.11 Å². The fraction of sp³-hybridized carbons (Fsp3) is 0.353. The normalized spacial score (nSPS) is 10.8. The minimum Gasteiger partial charge on any atom is -0.468 e. The van der Waals surface area contributed by atoms with Crippen LogP contribution in [0.1, 0.15) is 36.6 Å². The number of methoxy groups -OCH3 is 1. The van der Waals surface area contributed by atoms with E-state index < -0.39 is 17.2 Å². The van der Waals surface area contributed by atoms with Crippen molar-refractivity contribution in [2.24, 2.45) is 0 Å². The van der Waals surface area contributed by atoms with Crippen LogP contribution in [0.2, 0.25) is 0 Å². The summed E-state index contributed by atoms with van der Waals surface area (Å²) in [7, 11) is 1.26. The van der Waals surface area contributed by atoms with E-state index in [-0.39, 0.29) is 12.5 Å². The number of nitrogens with zero attached hydrogens (tertiary/aromatic N) is 1. The van der Waals surface area contributed by atoms with E-state index in [4.69, 9.17) is 0 Å². The van der Waals surface area contributed by atoms with Crippen LogP contribution in [0.4, 0.5) is 0 Å². The van der Waals surface area contributed by atoms with Crippen molar-refractivity contribution in [1.29, 1.82) is 0 Å². The van der Waals surface area contributed by atoms with Crippen LogP contribution >= 0.6 is 0 Å². The molecule has 0 unspecified atom stereocenters. The topological polar surface area (TPSA) is 81.2 Å². The first kappa shape index (κ1) is 16.7. The summed E-state index contributed by atoms with van der Waals surface area (Å²) in [5.74, 6) is -0.620. The van der Waals surface area contributed by atoms with Gasteiger partial charge in [-0.1, -0.05) is 44.2 Å². The number of aromatic nitrogens is 2. The van der Waals surface area contributed by atoms with Crippen molar-refractivity contribution in [3.05, 3.63) is 68.0 Å². The van der Waals surface area contributed by atoms with Crippen LogP contribution in [-0.2, 0) is 22.5 Å². The Morgan fingerprint density at radius 2 is 1.87 bits per heavy atom. The van der Waals surface area contributed by atoms with Gasteiger partial charge in [0.15, 0.2) is 0 Å². The molecule has 0 saturated heterocycles. The molecule has 0 bridgehead atoms. The number of nitrogens with one attached hydrogen (secondary N) is 1. The van der Waals surface area contributed by atoms with E-state index in [0.717, 1.165) is 5.56 Å². The third-order valence-electron chi connectivity index (χ3n) is 3.65. The fourth-order valence-corrected chi connectivity index (χ4v) is 2.57. The number of aromatic amines is 1. The van der Waals surface area contributed by atoms with Crippen molar-refractivity contribution in [2.75, 3.05) is 7.11 Å². The molecule has 1 N–H and O–H groups in total. The summed E-state index contributed by atoms with van der Waals surface area (Å²) in [5.41, 5.74) is 1.01. The molecule has 2 aromatic rings. The van der Waals surface area contributed by atoms with Gasteiger partial charge in [0, 0.05) is 17.7 Å². The monoisotopic (exact) mass is 316 g/mol. The number of hydrogen-bond donors (Lipinski definition) is 1. The SMILES string of the molecule is COC(=O)Cn1c(Cc2ccccc2)c(C(C)C)c(=O)[nH]c1=O. The standard InChI is InChI=1S/C17H20N2O4/c1-11(2)15-13(9-12-7-5-4-6-8-12)19(10-14(20)23-3)17(22)18-16(15)21/h4-8,11H,9-10H2,1-3H3,(H,18,21,22). The molecule has 6 heteroatoms. The number of carbonyl (C=O) groups excluding carboxylic acids is 1. The van der Waals surface area contributed by atoms with E-state index in [1.54, 1.807) is 0 Å². The van der Waals surface area contributed by atoms with Crippen molar-refractivity contribution in [2.45, 2.75) is 32.7 Å². The van der Waals surface area contributed by atoms with Gasteiger partial charge in [-0.2, -0.15) is 0 Å². The molecule has 0 radical (unpaired) electrons. The summed E-state index contributed by atoms with van der Waals surface area (Å²) in [6, 6.07) is 9.50. The highest BCUT2D eigenvalue weighted by Gasteiger charge is 2.19. The van der Waals surface area contributed by atoms with Crippen LogP contribution in [0.15, 0.2) is 39.9 Å². The first-order valence-electron chi connectivity index (χ1n) is 7.40. The molecular weight excluding hydrogens is 296 g/mol. The molecule has 23 heavy (non-hydrogen) atoms. The molecule has 0 spiro atoms. The molecule has 1 aromatic heterocycles. The predicted molar refractivity (Wildman–Crippen MR) is 86.7 cm³/mol. The van der Waals surface area contributed by atoms with Crippen LogP contribution in [-0.4, -0.2) is 22.6 Å². The van der Waals surface area contributed by atoms with Gasteiger partial charge in [0.25, 0.3) is 5.56 Å². The van der Waals surface area contributed by atoms with Gasteiger partial charge in [0.1, 0.15) is 6.54 Å². The van der Waals surface area contributed by atoms with Crippen LogP contribution in [0.5, 0.6) is 0 Å². The van der Waals surface area contributed by atoms with Gasteiger partial charge in [-0.05, 0) is 11.5 Å². The van der Waals surface area contributed by atoms with Gasteiger partial charge in [-0.15, -0.1) is 0 Å². The lowest BCUT2D eigenvalue weighted by Gasteiger charge is -2.17. The third kappa shape index (κ3) is 3.77. The molecular formula is C17H20N2O4. The van der Waals surface area contributed by atoms with E-state index in [1.165, 1.54) is 11.7 Å². The molecule has 0 fully saturated rings. The second kappa shape index (κ2) is 7.09. The highest BCUT2D eigenvalue weighted by molar-refractivity contribution is 5.69. The first-order valence-corrected chi connectivity index (χ1v) is 7.40. The largest absolute Gasteiger partial charge is 0.468 e. The molecule has 6 nitrogen and oxygen atoms in total. The Hall–Kier alpha value is -2.63. The minimum atomic E-state index is -0.601. The smallest absolute Gasteiger partial charge is 0.329 e. The number of hydrogen-bond acceptors (Lipinski definition) is 4. The van der Waals surface area contributed by atoms with E-state index in [1.807, 2.05) is 44.2 Å². The number of carbonyl (C=O) groups is 1. The van der Waals surface area contributed by atoms with Crippen LogP contribution in [0.25, 0.3) is 0 Å². The first-order chi connectivity index (χ1) is 10.9. The Balaban J connectivity index is 2.64. The second-order valence-corrected chi connectivity index (χ2v) is 5.60. The molecule has 1 heterocycles. The summed E-state index contributed by atoms with van der Waals surface area (Å²) in [6.07, 6.45) is 0.393. The van der Waals surface area contributed by atoms with E-state index in [2.05, 4.69) is 9.72 Å². The Morgan fingerprint density at radius 3 is 2.43 bits per heavy atom. The number of ether oxygens (including phenoxy) is 1.